The highest BCUT2D eigenvalue weighted by Gasteiger charge is 2.10. The van der Waals surface area contributed by atoms with E-state index in [0.717, 1.165) is 31.9 Å². The van der Waals surface area contributed by atoms with Crippen LogP contribution < -0.4 is 15.8 Å². The first-order valence-corrected chi connectivity index (χ1v) is 8.69. The van der Waals surface area contributed by atoms with Gasteiger partial charge < -0.3 is 11.1 Å². The zero-order valence-electron chi connectivity index (χ0n) is 11.9. The fourth-order valence-corrected chi connectivity index (χ4v) is 2.41. The molecule has 0 radical (unpaired) electrons. The van der Waals surface area contributed by atoms with E-state index in [1.807, 2.05) is 0 Å². The van der Waals surface area contributed by atoms with E-state index in [0.29, 0.717) is 25.4 Å². The summed E-state index contributed by atoms with van der Waals surface area (Å²) in [6.07, 6.45) is 5.57. The van der Waals surface area contributed by atoms with Crippen LogP contribution in [0.2, 0.25) is 0 Å². The van der Waals surface area contributed by atoms with Gasteiger partial charge in [0.1, 0.15) is 0 Å². The van der Waals surface area contributed by atoms with Crippen LogP contribution in [0.4, 0.5) is 0 Å². The van der Waals surface area contributed by atoms with Crippen LogP contribution in [-0.2, 0) is 14.8 Å². The lowest BCUT2D eigenvalue weighted by molar-refractivity contribution is -0.121. The van der Waals surface area contributed by atoms with Crippen LogP contribution in [0.1, 0.15) is 39.0 Å². The van der Waals surface area contributed by atoms with Crippen LogP contribution in [0.5, 0.6) is 0 Å². The molecule has 0 spiro atoms. The van der Waals surface area contributed by atoms with Gasteiger partial charge in [-0.1, -0.05) is 19.8 Å². The first-order valence-electron chi connectivity index (χ1n) is 6.80. The normalized spacial score (nSPS) is 13.2. The van der Waals surface area contributed by atoms with Crippen molar-refractivity contribution in [3.8, 4) is 0 Å². The van der Waals surface area contributed by atoms with Gasteiger partial charge in [-0.15, -0.1) is 0 Å². The molecule has 0 aliphatic rings. The lowest BCUT2D eigenvalue weighted by atomic mass is 9.94. The standard InChI is InChI=1S/C12H27N3O3S/c1-3-4-11(7-8-13)5-6-12(16)14-9-10-15-19(2,17)18/h11,15H,3-10,13H2,1-2H3,(H,14,16). The maximum atomic E-state index is 11.6. The summed E-state index contributed by atoms with van der Waals surface area (Å²) in [6.45, 7) is 3.33. The molecule has 6 nitrogen and oxygen atoms in total. The van der Waals surface area contributed by atoms with Crippen LogP contribution >= 0.6 is 0 Å². The van der Waals surface area contributed by atoms with Crippen molar-refractivity contribution in [3.05, 3.63) is 0 Å². The van der Waals surface area contributed by atoms with E-state index in [1.54, 1.807) is 0 Å². The Balaban J connectivity index is 3.73. The van der Waals surface area contributed by atoms with Gasteiger partial charge in [-0.3, -0.25) is 4.79 Å². The minimum absolute atomic E-state index is 0.0339. The van der Waals surface area contributed by atoms with Gasteiger partial charge >= 0.3 is 0 Å². The SMILES string of the molecule is CCCC(CCN)CCC(=O)NCCNS(C)(=O)=O. The summed E-state index contributed by atoms with van der Waals surface area (Å²) in [5.41, 5.74) is 5.54. The van der Waals surface area contributed by atoms with Crippen LogP contribution in [-0.4, -0.2) is 40.2 Å². The molecule has 0 aliphatic carbocycles. The minimum atomic E-state index is -3.18. The fourth-order valence-electron chi connectivity index (χ4n) is 1.94. The number of hydrogen-bond acceptors (Lipinski definition) is 4. The van der Waals surface area contributed by atoms with Gasteiger partial charge in [0, 0.05) is 19.5 Å². The molecular formula is C12H27N3O3S. The van der Waals surface area contributed by atoms with E-state index in [-0.39, 0.29) is 12.5 Å². The van der Waals surface area contributed by atoms with Gasteiger partial charge in [-0.25, -0.2) is 13.1 Å². The molecule has 7 heteroatoms. The minimum Gasteiger partial charge on any atom is -0.355 e. The molecule has 0 aromatic carbocycles. The summed E-state index contributed by atoms with van der Waals surface area (Å²) in [6, 6.07) is 0. The van der Waals surface area contributed by atoms with Crippen molar-refractivity contribution in [2.45, 2.75) is 39.0 Å². The van der Waals surface area contributed by atoms with Crippen molar-refractivity contribution in [1.82, 2.24) is 10.0 Å². The molecule has 1 atom stereocenters. The van der Waals surface area contributed by atoms with Crippen molar-refractivity contribution in [2.75, 3.05) is 25.9 Å². The number of amides is 1. The molecule has 0 fully saturated rings. The van der Waals surface area contributed by atoms with Crippen LogP contribution in [0.15, 0.2) is 0 Å². The summed E-state index contributed by atoms with van der Waals surface area (Å²) < 4.78 is 23.9. The van der Waals surface area contributed by atoms with E-state index in [2.05, 4.69) is 17.0 Å². The fraction of sp³-hybridized carbons (Fsp3) is 0.917. The van der Waals surface area contributed by atoms with Crippen molar-refractivity contribution in [3.63, 3.8) is 0 Å². The second-order valence-electron chi connectivity index (χ2n) is 4.79. The summed E-state index contributed by atoms with van der Waals surface area (Å²) in [7, 11) is -3.18. The molecule has 19 heavy (non-hydrogen) atoms. The lowest BCUT2D eigenvalue weighted by Crippen LogP contribution is -2.34. The summed E-state index contributed by atoms with van der Waals surface area (Å²) in [5, 5.41) is 2.70. The van der Waals surface area contributed by atoms with Crippen LogP contribution in [0.25, 0.3) is 0 Å². The highest BCUT2D eigenvalue weighted by atomic mass is 32.2. The largest absolute Gasteiger partial charge is 0.355 e. The quantitative estimate of drug-likeness (QED) is 0.474. The summed E-state index contributed by atoms with van der Waals surface area (Å²) in [4.78, 5) is 11.6. The highest BCUT2D eigenvalue weighted by molar-refractivity contribution is 7.88. The molecule has 114 valence electrons. The van der Waals surface area contributed by atoms with E-state index >= 15 is 0 Å². The maximum absolute atomic E-state index is 11.6. The first kappa shape index (κ1) is 18.3. The zero-order valence-corrected chi connectivity index (χ0v) is 12.8. The number of carbonyl (C=O) groups excluding carboxylic acids is 1. The third-order valence-electron chi connectivity index (χ3n) is 2.86. The van der Waals surface area contributed by atoms with Crippen molar-refractivity contribution < 1.29 is 13.2 Å². The van der Waals surface area contributed by atoms with Crippen LogP contribution in [0, 0.1) is 5.92 Å². The number of sulfonamides is 1. The third-order valence-corrected chi connectivity index (χ3v) is 3.59. The van der Waals surface area contributed by atoms with Gasteiger partial charge in [0.15, 0.2) is 0 Å². The molecule has 0 aromatic heterocycles. The number of rotatable bonds is 11. The third kappa shape index (κ3) is 12.1. The van der Waals surface area contributed by atoms with E-state index in [1.165, 1.54) is 0 Å². The average Bonchev–Trinajstić information content (AvgIpc) is 2.31. The molecule has 0 bridgehead atoms. The van der Waals surface area contributed by atoms with Crippen molar-refractivity contribution >= 4 is 15.9 Å². The Morgan fingerprint density at radius 3 is 2.42 bits per heavy atom. The zero-order chi connectivity index (χ0) is 14.7. The molecule has 0 heterocycles. The second kappa shape index (κ2) is 10.2. The topological polar surface area (TPSA) is 101 Å². The Morgan fingerprint density at radius 1 is 1.21 bits per heavy atom. The van der Waals surface area contributed by atoms with Crippen molar-refractivity contribution in [2.24, 2.45) is 11.7 Å². The van der Waals surface area contributed by atoms with Crippen molar-refractivity contribution in [1.29, 1.82) is 0 Å². The van der Waals surface area contributed by atoms with E-state index in [4.69, 9.17) is 5.73 Å². The monoisotopic (exact) mass is 293 g/mol. The van der Waals surface area contributed by atoms with Gasteiger partial charge in [-0.05, 0) is 25.3 Å². The Labute approximate surface area is 116 Å². The number of nitrogens with one attached hydrogen (secondary N) is 2. The van der Waals surface area contributed by atoms with Crippen LogP contribution in [0.3, 0.4) is 0 Å². The molecule has 0 aromatic rings. The smallest absolute Gasteiger partial charge is 0.220 e. The average molecular weight is 293 g/mol. The van der Waals surface area contributed by atoms with E-state index in [9.17, 15) is 13.2 Å². The predicted molar refractivity (Wildman–Crippen MR) is 77.2 cm³/mol. The molecule has 0 saturated carbocycles. The molecule has 0 rings (SSSR count). The molecule has 0 saturated heterocycles. The van der Waals surface area contributed by atoms with Gasteiger partial charge in [0.25, 0.3) is 0 Å². The second-order valence-corrected chi connectivity index (χ2v) is 6.62. The Hall–Kier alpha value is -0.660. The van der Waals surface area contributed by atoms with Gasteiger partial charge in [-0.2, -0.15) is 0 Å². The Morgan fingerprint density at radius 2 is 1.89 bits per heavy atom. The number of hydrogen-bond donors (Lipinski definition) is 3. The molecule has 4 N–H and O–H groups in total. The number of carbonyl (C=O) groups is 1. The Kier molecular flexibility index (Phi) is 9.81. The first-order chi connectivity index (χ1) is 8.89. The number of nitrogens with two attached hydrogens (primary N) is 1. The predicted octanol–water partition coefficient (Wildman–Crippen LogP) is 0.197. The highest BCUT2D eigenvalue weighted by Crippen LogP contribution is 2.16. The Bertz CT molecular complexity index is 338. The van der Waals surface area contributed by atoms with Gasteiger partial charge in [0.05, 0.1) is 6.26 Å². The molecule has 1 amide bonds. The summed E-state index contributed by atoms with van der Waals surface area (Å²) in [5.74, 6) is 0.475. The molecule has 0 aliphatic heterocycles. The lowest BCUT2D eigenvalue weighted by Gasteiger charge is -2.14. The summed E-state index contributed by atoms with van der Waals surface area (Å²) >= 11 is 0. The molecular weight excluding hydrogens is 266 g/mol. The van der Waals surface area contributed by atoms with E-state index < -0.39 is 10.0 Å². The molecule has 1 unspecified atom stereocenters. The van der Waals surface area contributed by atoms with Gasteiger partial charge in [0.2, 0.25) is 15.9 Å². The maximum Gasteiger partial charge on any atom is 0.220 e.